The van der Waals surface area contributed by atoms with Crippen LogP contribution in [0.2, 0.25) is 0 Å². The summed E-state index contributed by atoms with van der Waals surface area (Å²) < 4.78 is 10.0. The molecule has 2 rings (SSSR count). The Balaban J connectivity index is 2.31. The van der Waals surface area contributed by atoms with Gasteiger partial charge in [-0.05, 0) is 18.2 Å². The van der Waals surface area contributed by atoms with Crippen LogP contribution >= 0.6 is 0 Å². The summed E-state index contributed by atoms with van der Waals surface area (Å²) in [6.45, 7) is 3.47. The van der Waals surface area contributed by atoms with Crippen LogP contribution in [0.5, 0.6) is 0 Å². The molecule has 0 saturated heterocycles. The van der Waals surface area contributed by atoms with Gasteiger partial charge in [-0.1, -0.05) is 12.1 Å². The fourth-order valence-electron chi connectivity index (χ4n) is 2.69. The van der Waals surface area contributed by atoms with E-state index < -0.39 is 16.9 Å². The third-order valence-corrected chi connectivity index (χ3v) is 4.13. The number of nitro groups is 1. The molecule has 0 bridgehead atoms. The molecule has 0 N–H and O–H groups in total. The Hall–Kier alpha value is -4.33. The first-order chi connectivity index (χ1) is 15.3. The van der Waals surface area contributed by atoms with E-state index in [1.165, 1.54) is 26.0 Å². The van der Waals surface area contributed by atoms with Gasteiger partial charge in [0.15, 0.2) is 0 Å². The van der Waals surface area contributed by atoms with Crippen molar-refractivity contribution in [1.82, 2.24) is 0 Å². The molecule has 0 aliphatic heterocycles. The molecule has 0 heterocycles. The lowest BCUT2D eigenvalue weighted by Gasteiger charge is -2.25. The first-order valence-corrected chi connectivity index (χ1v) is 9.52. The second-order valence-corrected chi connectivity index (χ2v) is 6.43. The quantitative estimate of drug-likeness (QED) is 0.235. The molecule has 2 aromatic rings. The van der Waals surface area contributed by atoms with Crippen LogP contribution in [-0.4, -0.2) is 43.2 Å². The summed E-state index contributed by atoms with van der Waals surface area (Å²) in [6.07, 6.45) is 0. The second-order valence-electron chi connectivity index (χ2n) is 6.43. The topological polar surface area (TPSA) is 147 Å². The zero-order valence-corrected chi connectivity index (χ0v) is 17.6. The number of esters is 2. The number of anilines is 1. The van der Waals surface area contributed by atoms with Gasteiger partial charge in [0.25, 0.3) is 5.69 Å². The van der Waals surface area contributed by atoms with Crippen molar-refractivity contribution in [2.75, 3.05) is 31.2 Å². The summed E-state index contributed by atoms with van der Waals surface area (Å²) in [5.41, 5.74) is 1.06. The van der Waals surface area contributed by atoms with Gasteiger partial charge in [-0.15, -0.1) is 10.2 Å². The number of carbonyl (C=O) groups is 2. The van der Waals surface area contributed by atoms with Crippen molar-refractivity contribution in [3.8, 4) is 6.07 Å². The van der Waals surface area contributed by atoms with E-state index in [0.717, 1.165) is 6.07 Å². The van der Waals surface area contributed by atoms with Crippen LogP contribution < -0.4 is 4.90 Å². The van der Waals surface area contributed by atoms with Crippen LogP contribution in [0.25, 0.3) is 0 Å². The standard InChI is InChI=1S/C21H21N5O6/c1-15(27)31-11-9-25(10-12-32-16(2)28)21-6-4-3-5-20(21)24-23-19-8-7-18(26(29)30)13-17(19)14-22/h3-8,13H,9-12H2,1-2H3. The maximum Gasteiger partial charge on any atom is 0.302 e. The Morgan fingerprint density at radius 3 is 2.19 bits per heavy atom. The van der Waals surface area contributed by atoms with Gasteiger partial charge in [0.2, 0.25) is 0 Å². The maximum atomic E-state index is 11.1. The van der Waals surface area contributed by atoms with Crippen molar-refractivity contribution in [2.45, 2.75) is 13.8 Å². The zero-order chi connectivity index (χ0) is 23.5. The Kier molecular flexibility index (Phi) is 8.79. The fourth-order valence-corrected chi connectivity index (χ4v) is 2.69. The number of hydrogen-bond acceptors (Lipinski definition) is 10. The van der Waals surface area contributed by atoms with Crippen molar-refractivity contribution in [3.63, 3.8) is 0 Å². The number of rotatable bonds is 10. The van der Waals surface area contributed by atoms with E-state index in [-0.39, 0.29) is 30.2 Å². The van der Waals surface area contributed by atoms with Crippen molar-refractivity contribution >= 4 is 34.7 Å². The third-order valence-electron chi connectivity index (χ3n) is 4.13. The van der Waals surface area contributed by atoms with Gasteiger partial charge in [0, 0.05) is 26.0 Å². The lowest BCUT2D eigenvalue weighted by molar-refractivity contribution is -0.384. The van der Waals surface area contributed by atoms with Gasteiger partial charge in [-0.2, -0.15) is 5.26 Å². The van der Waals surface area contributed by atoms with Crippen molar-refractivity contribution in [2.24, 2.45) is 10.2 Å². The predicted molar refractivity (Wildman–Crippen MR) is 114 cm³/mol. The van der Waals surface area contributed by atoms with Crippen molar-refractivity contribution < 1.29 is 24.0 Å². The maximum absolute atomic E-state index is 11.1. The monoisotopic (exact) mass is 439 g/mol. The normalized spacial score (nSPS) is 10.4. The Bertz CT molecular complexity index is 1040. The predicted octanol–water partition coefficient (Wildman–Crippen LogP) is 3.81. The number of para-hydroxylation sites is 1. The minimum atomic E-state index is -0.596. The number of nitro benzene ring substituents is 1. The first kappa shape index (κ1) is 23.9. The molecule has 2 aromatic carbocycles. The smallest absolute Gasteiger partial charge is 0.302 e. The van der Waals surface area contributed by atoms with E-state index in [1.54, 1.807) is 24.3 Å². The lowest BCUT2D eigenvalue weighted by Crippen LogP contribution is -2.31. The van der Waals surface area contributed by atoms with Crippen LogP contribution in [0.1, 0.15) is 19.4 Å². The van der Waals surface area contributed by atoms with Crippen molar-refractivity contribution in [1.29, 1.82) is 5.26 Å². The van der Waals surface area contributed by atoms with Crippen LogP contribution in [0.4, 0.5) is 22.7 Å². The van der Waals surface area contributed by atoms with Gasteiger partial charge >= 0.3 is 11.9 Å². The molecule has 11 heteroatoms. The zero-order valence-electron chi connectivity index (χ0n) is 17.6. The summed E-state index contributed by atoms with van der Waals surface area (Å²) >= 11 is 0. The molecule has 166 valence electrons. The summed E-state index contributed by atoms with van der Waals surface area (Å²) in [5.74, 6) is -0.833. The molecule has 11 nitrogen and oxygen atoms in total. The summed E-state index contributed by atoms with van der Waals surface area (Å²) in [4.78, 5) is 34.3. The molecule has 0 unspecified atom stereocenters. The van der Waals surface area contributed by atoms with Gasteiger partial charge in [0.05, 0.1) is 29.3 Å². The number of ether oxygens (including phenoxy) is 2. The van der Waals surface area contributed by atoms with Crippen molar-refractivity contribution in [3.05, 3.63) is 58.1 Å². The van der Waals surface area contributed by atoms with Crippen LogP contribution in [-0.2, 0) is 19.1 Å². The highest BCUT2D eigenvalue weighted by atomic mass is 16.6. The van der Waals surface area contributed by atoms with E-state index in [0.29, 0.717) is 24.5 Å². The molecule has 0 aliphatic rings. The Morgan fingerprint density at radius 1 is 1.03 bits per heavy atom. The summed E-state index contributed by atoms with van der Waals surface area (Å²) in [7, 11) is 0. The van der Waals surface area contributed by atoms with E-state index >= 15 is 0 Å². The number of hydrogen-bond donors (Lipinski definition) is 0. The first-order valence-electron chi connectivity index (χ1n) is 9.52. The number of non-ortho nitro benzene ring substituents is 1. The molecule has 0 radical (unpaired) electrons. The number of nitrogens with zero attached hydrogens (tertiary/aromatic N) is 5. The summed E-state index contributed by atoms with van der Waals surface area (Å²) in [5, 5.41) is 28.5. The largest absolute Gasteiger partial charge is 0.464 e. The number of carbonyl (C=O) groups excluding carboxylic acids is 2. The average molecular weight is 439 g/mol. The van der Waals surface area contributed by atoms with Crippen LogP contribution in [0, 0.1) is 21.4 Å². The molecule has 0 aliphatic carbocycles. The molecule has 0 spiro atoms. The summed E-state index contributed by atoms with van der Waals surface area (Å²) in [6, 6.07) is 12.6. The minimum Gasteiger partial charge on any atom is -0.464 e. The molecule has 0 aromatic heterocycles. The Labute approximate surface area is 184 Å². The van der Waals surface area contributed by atoms with E-state index in [2.05, 4.69) is 10.2 Å². The lowest BCUT2D eigenvalue weighted by atomic mass is 10.2. The van der Waals surface area contributed by atoms with Gasteiger partial charge in [-0.3, -0.25) is 19.7 Å². The number of nitriles is 1. The molecule has 0 saturated carbocycles. The van der Waals surface area contributed by atoms with E-state index in [4.69, 9.17) is 9.47 Å². The average Bonchev–Trinajstić information content (AvgIpc) is 2.76. The number of azo groups is 1. The molecule has 0 atom stereocenters. The number of benzene rings is 2. The van der Waals surface area contributed by atoms with Crippen LogP contribution in [0.15, 0.2) is 52.7 Å². The fraction of sp³-hybridized carbons (Fsp3) is 0.286. The van der Waals surface area contributed by atoms with Crippen LogP contribution in [0.3, 0.4) is 0 Å². The van der Waals surface area contributed by atoms with Gasteiger partial charge < -0.3 is 14.4 Å². The highest BCUT2D eigenvalue weighted by Gasteiger charge is 2.14. The Morgan fingerprint density at radius 2 is 1.62 bits per heavy atom. The third kappa shape index (κ3) is 7.17. The van der Waals surface area contributed by atoms with Gasteiger partial charge in [0.1, 0.15) is 30.7 Å². The molecule has 32 heavy (non-hydrogen) atoms. The second kappa shape index (κ2) is 11.8. The van der Waals surface area contributed by atoms with E-state index in [1.807, 2.05) is 11.0 Å². The molecule has 0 fully saturated rings. The SMILES string of the molecule is CC(=O)OCCN(CCOC(C)=O)c1ccccc1N=Nc1ccc([N+](=O)[O-])cc1C#N. The highest BCUT2D eigenvalue weighted by molar-refractivity contribution is 5.68. The highest BCUT2D eigenvalue weighted by Crippen LogP contribution is 2.31. The molecular formula is C21H21N5O6. The van der Waals surface area contributed by atoms with E-state index in [9.17, 15) is 25.0 Å². The minimum absolute atomic E-state index is 0.0157. The molecular weight excluding hydrogens is 418 g/mol. The van der Waals surface area contributed by atoms with Gasteiger partial charge in [-0.25, -0.2) is 0 Å². The molecule has 0 amide bonds.